The molecule has 94 valence electrons. The van der Waals surface area contributed by atoms with E-state index >= 15 is 0 Å². The van der Waals surface area contributed by atoms with Crippen molar-refractivity contribution in [2.75, 3.05) is 0 Å². The summed E-state index contributed by atoms with van der Waals surface area (Å²) in [6, 6.07) is 4.87. The zero-order valence-electron chi connectivity index (χ0n) is 9.42. The van der Waals surface area contributed by atoms with Crippen molar-refractivity contribution in [3.63, 3.8) is 0 Å². The number of rotatable bonds is 1. The van der Waals surface area contributed by atoms with Crippen LogP contribution in [-0.4, -0.2) is 17.1 Å². The Hall–Kier alpha value is -1.59. The van der Waals surface area contributed by atoms with E-state index in [1.54, 1.807) is 13.8 Å². The fourth-order valence-corrected chi connectivity index (χ4v) is 0.673. The first-order valence-electron chi connectivity index (χ1n) is 4.69. The molecule has 0 saturated carbocycles. The van der Waals surface area contributed by atoms with E-state index in [2.05, 4.69) is 47.2 Å². The van der Waals surface area contributed by atoms with Gasteiger partial charge in [-0.15, -0.1) is 0 Å². The third-order valence-corrected chi connectivity index (χ3v) is 1.52. The lowest BCUT2D eigenvalue weighted by atomic mass is 10.2. The van der Waals surface area contributed by atoms with Crippen LogP contribution in [0.4, 0.5) is 0 Å². The predicted octanol–water partition coefficient (Wildman–Crippen LogP) is 0.751. The van der Waals surface area contributed by atoms with Gasteiger partial charge in [0.25, 0.3) is 0 Å². The maximum Gasteiger partial charge on any atom is 0.246 e. The molecule has 0 aliphatic carbocycles. The summed E-state index contributed by atoms with van der Waals surface area (Å²) in [6.45, 7) is 4.76. The van der Waals surface area contributed by atoms with Crippen molar-refractivity contribution in [2.24, 2.45) is 5.92 Å². The second kappa shape index (κ2) is 9.62. The lowest BCUT2D eigenvalue weighted by Crippen LogP contribution is -2.24. The molecule has 2 unspecified atom stereocenters. The summed E-state index contributed by atoms with van der Waals surface area (Å²) in [4.78, 5) is 21.8. The van der Waals surface area contributed by atoms with Crippen LogP contribution in [-0.2, 0) is 9.59 Å². The third kappa shape index (κ3) is 10.7. The Bertz CT molecular complexity index is 383. The van der Waals surface area contributed by atoms with Gasteiger partial charge in [-0.05, 0) is 13.8 Å². The van der Waals surface area contributed by atoms with Crippen LogP contribution in [0.5, 0.6) is 0 Å². The van der Waals surface area contributed by atoms with Crippen LogP contribution in [0.1, 0.15) is 28.2 Å². The molecule has 17 heavy (non-hydrogen) atoms. The fourth-order valence-electron chi connectivity index (χ4n) is 0.608. The molecule has 0 bridgehead atoms. The average Bonchev–Trinajstić information content (AvgIpc) is 2.16. The van der Waals surface area contributed by atoms with Crippen molar-refractivity contribution in [3.05, 3.63) is 0 Å². The van der Waals surface area contributed by atoms with Crippen LogP contribution < -0.4 is 10.6 Å². The quantitative estimate of drug-likeness (QED) is 0.367. The van der Waals surface area contributed by atoms with E-state index in [-0.39, 0.29) is 24.5 Å². The number of carbonyl (C=O) groups is 2. The number of hydrogen-bond acceptors (Lipinski definition) is 3. The van der Waals surface area contributed by atoms with Gasteiger partial charge < -0.3 is 0 Å². The van der Waals surface area contributed by atoms with Crippen molar-refractivity contribution in [3.8, 4) is 23.9 Å². The number of thiol groups is 1. The van der Waals surface area contributed by atoms with E-state index in [0.717, 1.165) is 0 Å². The van der Waals surface area contributed by atoms with Crippen molar-refractivity contribution in [1.29, 1.82) is 0 Å². The SMILES string of the molecule is C.CC(=O)NC#CC(C)C(=O)NC#CC(C)S. The first-order chi connectivity index (χ1) is 7.43. The van der Waals surface area contributed by atoms with Crippen molar-refractivity contribution >= 4 is 24.4 Å². The van der Waals surface area contributed by atoms with Crippen LogP contribution in [0.3, 0.4) is 0 Å². The van der Waals surface area contributed by atoms with Gasteiger partial charge in [-0.3, -0.25) is 20.2 Å². The second-order valence-corrected chi connectivity index (χ2v) is 3.88. The van der Waals surface area contributed by atoms with Crippen LogP contribution in [0.2, 0.25) is 0 Å². The summed E-state index contributed by atoms with van der Waals surface area (Å²) in [5, 5.41) is 4.57. The highest BCUT2D eigenvalue weighted by molar-refractivity contribution is 7.81. The van der Waals surface area contributed by atoms with Gasteiger partial charge in [0.05, 0.1) is 11.2 Å². The van der Waals surface area contributed by atoms with Gasteiger partial charge in [-0.25, -0.2) is 0 Å². The Labute approximate surface area is 108 Å². The Kier molecular flexibility index (Phi) is 10.1. The Balaban J connectivity index is 0. The highest BCUT2D eigenvalue weighted by Gasteiger charge is 2.07. The summed E-state index contributed by atoms with van der Waals surface area (Å²) >= 11 is 4.03. The van der Waals surface area contributed by atoms with Crippen molar-refractivity contribution < 1.29 is 9.59 Å². The van der Waals surface area contributed by atoms with Crippen molar-refractivity contribution in [1.82, 2.24) is 10.6 Å². The molecule has 0 fully saturated rings. The second-order valence-electron chi connectivity index (χ2n) is 3.11. The van der Waals surface area contributed by atoms with E-state index in [0.29, 0.717) is 0 Å². The zero-order chi connectivity index (χ0) is 12.6. The van der Waals surface area contributed by atoms with E-state index in [1.165, 1.54) is 6.92 Å². The maximum absolute atomic E-state index is 11.3. The summed E-state index contributed by atoms with van der Waals surface area (Å²) in [7, 11) is 0. The number of hydrogen-bond donors (Lipinski definition) is 3. The Morgan fingerprint density at radius 2 is 1.65 bits per heavy atom. The van der Waals surface area contributed by atoms with Crippen LogP contribution >= 0.6 is 12.6 Å². The van der Waals surface area contributed by atoms with Crippen molar-refractivity contribution in [2.45, 2.75) is 33.4 Å². The molecule has 0 aromatic carbocycles. The zero-order valence-corrected chi connectivity index (χ0v) is 10.3. The molecule has 0 aliphatic heterocycles. The molecule has 5 heteroatoms. The minimum absolute atomic E-state index is 0. The molecular weight excluding hydrogens is 236 g/mol. The average molecular weight is 254 g/mol. The van der Waals surface area contributed by atoms with Crippen LogP contribution in [0, 0.1) is 29.8 Å². The standard InChI is InChI=1S/C11H14N2O2S.CH4/c1-8(4-6-12-10(3)14)11(15)13-7-5-9(2)16;/h8-9,16H,1-3H3,(H,12,14)(H,13,15);1H4. The minimum Gasteiger partial charge on any atom is -0.285 e. The summed E-state index contributed by atoms with van der Waals surface area (Å²) in [5.74, 6) is 4.14. The lowest BCUT2D eigenvalue weighted by molar-refractivity contribution is -0.122. The summed E-state index contributed by atoms with van der Waals surface area (Å²) in [5.41, 5.74) is 0. The molecule has 0 spiro atoms. The van der Waals surface area contributed by atoms with E-state index < -0.39 is 5.92 Å². The van der Waals surface area contributed by atoms with Gasteiger partial charge >= 0.3 is 0 Å². The highest BCUT2D eigenvalue weighted by atomic mass is 32.1. The molecule has 4 nitrogen and oxygen atoms in total. The van der Waals surface area contributed by atoms with Gasteiger partial charge in [0, 0.05) is 19.0 Å². The molecular formula is C12H18N2O2S. The molecule has 0 heterocycles. The van der Waals surface area contributed by atoms with Gasteiger partial charge in [-0.1, -0.05) is 19.3 Å². The Morgan fingerprint density at radius 3 is 2.12 bits per heavy atom. The molecule has 0 aromatic rings. The normalized spacial score (nSPS) is 11.3. The van der Waals surface area contributed by atoms with Crippen LogP contribution in [0.25, 0.3) is 0 Å². The fraction of sp³-hybridized carbons (Fsp3) is 0.500. The molecule has 2 N–H and O–H groups in total. The molecule has 0 saturated heterocycles. The van der Waals surface area contributed by atoms with E-state index in [4.69, 9.17) is 0 Å². The van der Waals surface area contributed by atoms with Gasteiger partial charge in [0.15, 0.2) is 0 Å². The maximum atomic E-state index is 11.3. The van der Waals surface area contributed by atoms with Gasteiger partial charge in [0.1, 0.15) is 0 Å². The number of nitrogens with one attached hydrogen (secondary N) is 2. The summed E-state index contributed by atoms with van der Waals surface area (Å²) < 4.78 is 0. The molecule has 2 amide bonds. The smallest absolute Gasteiger partial charge is 0.246 e. The largest absolute Gasteiger partial charge is 0.285 e. The molecule has 0 rings (SSSR count). The number of amides is 2. The predicted molar refractivity (Wildman–Crippen MR) is 71.9 cm³/mol. The molecule has 0 radical (unpaired) electrons. The summed E-state index contributed by atoms with van der Waals surface area (Å²) in [6.07, 6.45) is 0. The minimum atomic E-state index is -0.531. The number of carbonyl (C=O) groups excluding carboxylic acids is 2. The highest BCUT2D eigenvalue weighted by Crippen LogP contribution is 1.91. The first kappa shape index (κ1) is 17.8. The van der Waals surface area contributed by atoms with Gasteiger partial charge in [-0.2, -0.15) is 12.6 Å². The first-order valence-corrected chi connectivity index (χ1v) is 5.20. The third-order valence-electron chi connectivity index (χ3n) is 1.39. The van der Waals surface area contributed by atoms with Crippen LogP contribution in [0.15, 0.2) is 0 Å². The Morgan fingerprint density at radius 1 is 1.12 bits per heavy atom. The molecule has 2 atom stereocenters. The lowest BCUT2D eigenvalue weighted by Gasteiger charge is -1.99. The molecule has 0 aromatic heterocycles. The van der Waals surface area contributed by atoms with E-state index in [1.807, 2.05) is 0 Å². The van der Waals surface area contributed by atoms with E-state index in [9.17, 15) is 9.59 Å². The van der Waals surface area contributed by atoms with Gasteiger partial charge in [0.2, 0.25) is 11.8 Å². The topological polar surface area (TPSA) is 58.2 Å². The monoisotopic (exact) mass is 254 g/mol. The molecule has 0 aliphatic rings.